The Labute approximate surface area is 169 Å². The molecule has 0 saturated carbocycles. The van der Waals surface area contributed by atoms with E-state index in [1.54, 1.807) is 16.2 Å². The Morgan fingerprint density at radius 1 is 0.964 bits per heavy atom. The van der Waals surface area contributed by atoms with Gasteiger partial charge in [0.1, 0.15) is 0 Å². The van der Waals surface area contributed by atoms with E-state index >= 15 is 0 Å². The number of aryl methyl sites for hydroxylation is 2. The van der Waals surface area contributed by atoms with E-state index in [0.29, 0.717) is 12.1 Å². The predicted octanol–water partition coefficient (Wildman–Crippen LogP) is 6.01. The second-order valence-electron chi connectivity index (χ2n) is 6.86. The van der Waals surface area contributed by atoms with Crippen molar-refractivity contribution in [3.8, 4) is 0 Å². The van der Waals surface area contributed by atoms with Gasteiger partial charge >= 0.3 is 0 Å². The highest BCUT2D eigenvalue weighted by Gasteiger charge is 2.22. The van der Waals surface area contributed by atoms with Crippen LogP contribution >= 0.6 is 11.3 Å². The average Bonchev–Trinajstić information content (AvgIpc) is 3.17. The van der Waals surface area contributed by atoms with Crippen LogP contribution in [0.4, 0.5) is 5.13 Å². The van der Waals surface area contributed by atoms with Crippen molar-refractivity contribution in [2.45, 2.75) is 26.8 Å². The van der Waals surface area contributed by atoms with Gasteiger partial charge in [-0.2, -0.15) is 0 Å². The van der Waals surface area contributed by atoms with Crippen molar-refractivity contribution in [1.82, 2.24) is 4.98 Å². The summed E-state index contributed by atoms with van der Waals surface area (Å²) in [5.41, 5.74) is 5.11. The number of aromatic nitrogens is 1. The molecule has 140 valence electrons. The number of rotatable bonds is 5. The van der Waals surface area contributed by atoms with Gasteiger partial charge in [-0.1, -0.05) is 78.4 Å². The summed E-state index contributed by atoms with van der Waals surface area (Å²) < 4.78 is 1.11. The molecule has 1 amide bonds. The van der Waals surface area contributed by atoms with Gasteiger partial charge in [0.05, 0.1) is 16.8 Å². The highest BCUT2D eigenvalue weighted by Crippen LogP contribution is 2.32. The third-order valence-electron chi connectivity index (χ3n) is 4.83. The first-order chi connectivity index (χ1) is 13.7. The van der Waals surface area contributed by atoms with Gasteiger partial charge < -0.3 is 0 Å². The molecule has 1 heterocycles. The molecule has 0 aliphatic heterocycles. The summed E-state index contributed by atoms with van der Waals surface area (Å²) in [5.74, 6) is -0.0269. The molecule has 0 fully saturated rings. The van der Waals surface area contributed by atoms with Crippen molar-refractivity contribution in [1.29, 1.82) is 0 Å². The smallest absolute Gasteiger partial charge is 0.260 e. The number of carbonyl (C=O) groups is 1. The normalized spacial score (nSPS) is 10.9. The number of fused-ring (bicyclic) bond motifs is 1. The van der Waals surface area contributed by atoms with Crippen molar-refractivity contribution >= 4 is 32.6 Å². The first-order valence-electron chi connectivity index (χ1n) is 9.46. The monoisotopic (exact) mass is 386 g/mol. The van der Waals surface area contributed by atoms with E-state index in [1.807, 2.05) is 61.5 Å². The molecule has 3 aromatic carbocycles. The first kappa shape index (κ1) is 18.4. The summed E-state index contributed by atoms with van der Waals surface area (Å²) >= 11 is 1.57. The Balaban J connectivity index is 1.78. The Morgan fingerprint density at radius 3 is 2.43 bits per heavy atom. The van der Waals surface area contributed by atoms with Crippen LogP contribution < -0.4 is 4.90 Å². The second-order valence-corrected chi connectivity index (χ2v) is 7.87. The van der Waals surface area contributed by atoms with Crippen LogP contribution in [0.15, 0.2) is 72.8 Å². The third kappa shape index (κ3) is 3.69. The summed E-state index contributed by atoms with van der Waals surface area (Å²) in [6.07, 6.45) is 0.922. The van der Waals surface area contributed by atoms with Gasteiger partial charge in [0.15, 0.2) is 5.13 Å². The Bertz CT molecular complexity index is 1100. The van der Waals surface area contributed by atoms with Gasteiger partial charge in [0.2, 0.25) is 0 Å². The molecule has 3 nitrogen and oxygen atoms in total. The van der Waals surface area contributed by atoms with Gasteiger partial charge in [0.25, 0.3) is 5.91 Å². The van der Waals surface area contributed by atoms with E-state index in [9.17, 15) is 4.79 Å². The minimum absolute atomic E-state index is 0.0269. The summed E-state index contributed by atoms with van der Waals surface area (Å²) in [7, 11) is 0. The maximum absolute atomic E-state index is 13.4. The number of carbonyl (C=O) groups excluding carboxylic acids is 1. The maximum Gasteiger partial charge on any atom is 0.260 e. The zero-order chi connectivity index (χ0) is 19.5. The molecule has 0 atom stereocenters. The molecule has 4 heteroatoms. The molecule has 0 saturated heterocycles. The molecule has 4 aromatic rings. The van der Waals surface area contributed by atoms with Gasteiger partial charge in [-0.05, 0) is 42.7 Å². The van der Waals surface area contributed by atoms with E-state index in [0.717, 1.165) is 32.9 Å². The van der Waals surface area contributed by atoms with Crippen LogP contribution in [-0.4, -0.2) is 10.9 Å². The van der Waals surface area contributed by atoms with E-state index in [4.69, 9.17) is 4.98 Å². The number of nitrogens with zero attached hydrogens (tertiary/aromatic N) is 2. The fourth-order valence-corrected chi connectivity index (χ4v) is 4.25. The zero-order valence-electron chi connectivity index (χ0n) is 16.1. The fraction of sp³-hybridized carbons (Fsp3) is 0.167. The molecule has 0 radical (unpaired) electrons. The lowest BCUT2D eigenvalue weighted by Crippen LogP contribution is -2.30. The average molecular weight is 387 g/mol. The topological polar surface area (TPSA) is 33.2 Å². The van der Waals surface area contributed by atoms with Crippen LogP contribution in [0.1, 0.15) is 34.0 Å². The summed E-state index contributed by atoms with van der Waals surface area (Å²) in [6, 6.07) is 24.0. The highest BCUT2D eigenvalue weighted by atomic mass is 32.1. The molecule has 0 bridgehead atoms. The third-order valence-corrected chi connectivity index (χ3v) is 5.87. The lowest BCUT2D eigenvalue weighted by molar-refractivity contribution is 0.0985. The number of benzene rings is 3. The van der Waals surface area contributed by atoms with Crippen molar-refractivity contribution in [3.63, 3.8) is 0 Å². The van der Waals surface area contributed by atoms with Crippen molar-refractivity contribution in [3.05, 3.63) is 95.1 Å². The molecule has 1 aromatic heterocycles. The van der Waals surface area contributed by atoms with Crippen LogP contribution in [0.5, 0.6) is 0 Å². The number of thiazole rings is 1. The second kappa shape index (κ2) is 7.95. The molecule has 0 aliphatic carbocycles. The fourth-order valence-electron chi connectivity index (χ4n) is 3.24. The van der Waals surface area contributed by atoms with E-state index in [2.05, 4.69) is 25.1 Å². The largest absolute Gasteiger partial charge is 0.279 e. The Kier molecular flexibility index (Phi) is 5.22. The number of hydrogen-bond donors (Lipinski definition) is 0. The predicted molar refractivity (Wildman–Crippen MR) is 117 cm³/mol. The number of amides is 1. The lowest BCUT2D eigenvalue weighted by atomic mass is 10.1. The molecule has 0 aliphatic rings. The lowest BCUT2D eigenvalue weighted by Gasteiger charge is -2.20. The van der Waals surface area contributed by atoms with Gasteiger partial charge in [-0.25, -0.2) is 4.98 Å². The molecule has 28 heavy (non-hydrogen) atoms. The van der Waals surface area contributed by atoms with E-state index in [-0.39, 0.29) is 5.91 Å². The molecular weight excluding hydrogens is 364 g/mol. The standard InChI is InChI=1S/C24H22N2OS/c1-3-19-10-7-11-21-22(19)25-24(28-21)26(16-18-8-5-4-6-9-18)23(27)20-14-12-17(2)13-15-20/h4-15H,3,16H2,1-2H3. The summed E-state index contributed by atoms with van der Waals surface area (Å²) in [6.45, 7) is 4.65. The molecule has 4 rings (SSSR count). The van der Waals surface area contributed by atoms with Crippen LogP contribution in [0, 0.1) is 6.92 Å². The highest BCUT2D eigenvalue weighted by molar-refractivity contribution is 7.22. The summed E-state index contributed by atoms with van der Waals surface area (Å²) in [4.78, 5) is 20.0. The van der Waals surface area contributed by atoms with Gasteiger partial charge in [-0.3, -0.25) is 9.69 Å². The van der Waals surface area contributed by atoms with Gasteiger partial charge in [-0.15, -0.1) is 0 Å². The molecule has 0 spiro atoms. The number of anilines is 1. The van der Waals surface area contributed by atoms with E-state index in [1.165, 1.54) is 5.56 Å². The van der Waals surface area contributed by atoms with Crippen LogP contribution in [-0.2, 0) is 13.0 Å². The number of hydrogen-bond acceptors (Lipinski definition) is 3. The first-order valence-corrected chi connectivity index (χ1v) is 10.3. The van der Waals surface area contributed by atoms with Gasteiger partial charge in [0, 0.05) is 5.56 Å². The van der Waals surface area contributed by atoms with Crippen molar-refractivity contribution < 1.29 is 4.79 Å². The minimum atomic E-state index is -0.0269. The number of para-hydroxylation sites is 1. The Hall–Kier alpha value is -2.98. The molecule has 0 N–H and O–H groups in total. The molecular formula is C24H22N2OS. The van der Waals surface area contributed by atoms with Crippen LogP contribution in [0.2, 0.25) is 0 Å². The van der Waals surface area contributed by atoms with Crippen molar-refractivity contribution in [2.24, 2.45) is 0 Å². The van der Waals surface area contributed by atoms with Crippen LogP contribution in [0.25, 0.3) is 10.2 Å². The maximum atomic E-state index is 13.4. The summed E-state index contributed by atoms with van der Waals surface area (Å²) in [5, 5.41) is 0.741. The Morgan fingerprint density at radius 2 is 1.71 bits per heavy atom. The SMILES string of the molecule is CCc1cccc2sc(N(Cc3ccccc3)C(=O)c3ccc(C)cc3)nc12. The quantitative estimate of drug-likeness (QED) is 0.420. The van der Waals surface area contributed by atoms with E-state index < -0.39 is 0 Å². The van der Waals surface area contributed by atoms with Crippen molar-refractivity contribution in [2.75, 3.05) is 4.90 Å². The zero-order valence-corrected chi connectivity index (χ0v) is 16.9. The van der Waals surface area contributed by atoms with Crippen LogP contribution in [0.3, 0.4) is 0 Å². The molecule has 0 unspecified atom stereocenters. The minimum Gasteiger partial charge on any atom is -0.279 e.